The average molecular weight is 192 g/mol. The van der Waals surface area contributed by atoms with E-state index in [1.165, 1.54) is 13.1 Å². The highest BCUT2D eigenvalue weighted by atomic mass is 16.3. The molecule has 2 heterocycles. The normalized spacial score (nSPS) is 41.3. The van der Waals surface area contributed by atoms with Gasteiger partial charge >= 0.3 is 0 Å². The fourth-order valence-electron chi connectivity index (χ4n) is 3.24. The van der Waals surface area contributed by atoms with Crippen LogP contribution in [0.2, 0.25) is 0 Å². The average Bonchev–Trinajstić information content (AvgIpc) is 2.69. The van der Waals surface area contributed by atoms with Gasteiger partial charge in [0, 0.05) is 25.0 Å². The van der Waals surface area contributed by atoms with Crippen LogP contribution in [0.1, 0.15) is 5.76 Å². The lowest BCUT2D eigenvalue weighted by Crippen LogP contribution is -2.32. The van der Waals surface area contributed by atoms with E-state index < -0.39 is 0 Å². The molecule has 2 unspecified atom stereocenters. The van der Waals surface area contributed by atoms with Crippen molar-refractivity contribution in [3.05, 3.63) is 24.2 Å². The number of fused-ring (bicyclic) bond motifs is 1. The molecule has 2 N–H and O–H groups in total. The van der Waals surface area contributed by atoms with Crippen LogP contribution in [0.5, 0.6) is 0 Å². The third-order valence-corrected chi connectivity index (χ3v) is 4.03. The molecule has 2 atom stereocenters. The number of nitrogens with zero attached hydrogens (tertiary/aromatic N) is 1. The zero-order valence-corrected chi connectivity index (χ0v) is 8.44. The molecule has 1 aromatic heterocycles. The summed E-state index contributed by atoms with van der Waals surface area (Å²) in [5.74, 6) is 2.55. The Morgan fingerprint density at radius 2 is 2.29 bits per heavy atom. The Hall–Kier alpha value is -0.800. The van der Waals surface area contributed by atoms with E-state index in [9.17, 15) is 0 Å². The van der Waals surface area contributed by atoms with Crippen molar-refractivity contribution in [2.45, 2.75) is 5.41 Å². The van der Waals surface area contributed by atoms with E-state index in [0.717, 1.165) is 24.1 Å². The number of likely N-dealkylation sites (tertiary alicyclic amines) is 1. The highest BCUT2D eigenvalue weighted by Gasteiger charge is 2.69. The molecule has 14 heavy (non-hydrogen) atoms. The second kappa shape index (κ2) is 2.61. The number of furan rings is 1. The number of hydrogen-bond donors (Lipinski definition) is 1. The molecule has 3 nitrogen and oxygen atoms in total. The lowest BCUT2D eigenvalue weighted by atomic mass is 9.97. The number of piperidine rings is 1. The molecule has 0 radical (unpaired) electrons. The highest BCUT2D eigenvalue weighted by molar-refractivity contribution is 5.33. The van der Waals surface area contributed by atoms with Gasteiger partial charge in [0.25, 0.3) is 0 Å². The molecular weight excluding hydrogens is 176 g/mol. The first-order valence-corrected chi connectivity index (χ1v) is 5.21. The summed E-state index contributed by atoms with van der Waals surface area (Å²) in [6, 6.07) is 4.04. The zero-order chi connectivity index (χ0) is 9.76. The monoisotopic (exact) mass is 192 g/mol. The summed E-state index contributed by atoms with van der Waals surface area (Å²) in [5.41, 5.74) is 6.09. The van der Waals surface area contributed by atoms with Crippen LogP contribution in [0.4, 0.5) is 0 Å². The Kier molecular flexibility index (Phi) is 1.59. The predicted octanol–water partition coefficient (Wildman–Crippen LogP) is 0.667. The number of nitrogens with two attached hydrogens (primary N) is 1. The maximum atomic E-state index is 5.92. The summed E-state index contributed by atoms with van der Waals surface area (Å²) in [5, 5.41) is 0. The summed E-state index contributed by atoms with van der Waals surface area (Å²) in [6.45, 7) is 3.06. The van der Waals surface area contributed by atoms with Crippen molar-refractivity contribution in [3.8, 4) is 0 Å². The van der Waals surface area contributed by atoms with E-state index >= 15 is 0 Å². The molecule has 1 aromatic rings. The van der Waals surface area contributed by atoms with Crippen molar-refractivity contribution in [3.63, 3.8) is 0 Å². The van der Waals surface area contributed by atoms with Crippen molar-refractivity contribution >= 4 is 0 Å². The maximum Gasteiger partial charge on any atom is 0.111 e. The Bertz CT molecular complexity index is 321. The summed E-state index contributed by atoms with van der Waals surface area (Å²) >= 11 is 0. The van der Waals surface area contributed by atoms with E-state index in [1.807, 2.05) is 6.07 Å². The highest BCUT2D eigenvalue weighted by Crippen LogP contribution is 2.62. The van der Waals surface area contributed by atoms with Gasteiger partial charge in [0.15, 0.2) is 0 Å². The lowest BCUT2D eigenvalue weighted by Gasteiger charge is -2.20. The van der Waals surface area contributed by atoms with Crippen molar-refractivity contribution in [1.82, 2.24) is 4.90 Å². The summed E-state index contributed by atoms with van der Waals surface area (Å²) < 4.78 is 5.52. The van der Waals surface area contributed by atoms with Crippen LogP contribution in [0.25, 0.3) is 0 Å². The van der Waals surface area contributed by atoms with Crippen molar-refractivity contribution in [2.75, 3.05) is 26.7 Å². The molecule has 0 spiro atoms. The van der Waals surface area contributed by atoms with Crippen LogP contribution < -0.4 is 5.73 Å². The SMILES string of the molecule is CN1CC2C(C1)C2(CN)c1ccco1. The number of hydrogen-bond acceptors (Lipinski definition) is 3. The summed E-state index contributed by atoms with van der Waals surface area (Å²) in [7, 11) is 2.18. The van der Waals surface area contributed by atoms with Gasteiger partial charge in [-0.2, -0.15) is 0 Å². The first-order chi connectivity index (χ1) is 6.79. The summed E-state index contributed by atoms with van der Waals surface area (Å²) in [4.78, 5) is 2.38. The number of rotatable bonds is 2. The van der Waals surface area contributed by atoms with E-state index in [2.05, 4.69) is 18.0 Å². The Morgan fingerprint density at radius 1 is 1.57 bits per heavy atom. The van der Waals surface area contributed by atoms with Gasteiger partial charge in [-0.3, -0.25) is 0 Å². The van der Waals surface area contributed by atoms with Gasteiger partial charge in [0.2, 0.25) is 0 Å². The third-order valence-electron chi connectivity index (χ3n) is 4.03. The fraction of sp³-hybridized carbons (Fsp3) is 0.636. The Balaban J connectivity index is 1.91. The molecule has 76 valence electrons. The van der Waals surface area contributed by atoms with Crippen molar-refractivity contribution in [1.29, 1.82) is 0 Å². The van der Waals surface area contributed by atoms with Crippen molar-refractivity contribution < 1.29 is 4.42 Å². The van der Waals surface area contributed by atoms with Gasteiger partial charge in [-0.1, -0.05) is 0 Å². The largest absolute Gasteiger partial charge is 0.469 e. The van der Waals surface area contributed by atoms with E-state index in [0.29, 0.717) is 0 Å². The van der Waals surface area contributed by atoms with Gasteiger partial charge in [-0.05, 0) is 31.0 Å². The van der Waals surface area contributed by atoms with Crippen LogP contribution in [-0.4, -0.2) is 31.6 Å². The molecule has 1 aliphatic carbocycles. The standard InChI is InChI=1S/C11H16N2O/c1-13-5-8-9(6-13)11(8,7-12)10-3-2-4-14-10/h2-4,8-9H,5-7,12H2,1H3. The molecule has 3 rings (SSSR count). The predicted molar refractivity (Wildman–Crippen MR) is 53.9 cm³/mol. The molecule has 0 aromatic carbocycles. The second-order valence-corrected chi connectivity index (χ2v) is 4.66. The topological polar surface area (TPSA) is 42.4 Å². The zero-order valence-electron chi connectivity index (χ0n) is 8.44. The molecule has 1 saturated heterocycles. The molecule has 2 aliphatic rings. The Morgan fingerprint density at radius 3 is 2.79 bits per heavy atom. The molecule has 0 bridgehead atoms. The summed E-state index contributed by atoms with van der Waals surface area (Å²) in [6.07, 6.45) is 1.75. The van der Waals surface area contributed by atoms with Crippen LogP contribution in [-0.2, 0) is 5.41 Å². The molecule has 3 heteroatoms. The van der Waals surface area contributed by atoms with Gasteiger partial charge in [-0.25, -0.2) is 0 Å². The first kappa shape index (κ1) is 8.50. The van der Waals surface area contributed by atoms with Crippen LogP contribution in [0.15, 0.2) is 22.8 Å². The van der Waals surface area contributed by atoms with E-state index in [-0.39, 0.29) is 5.41 Å². The minimum Gasteiger partial charge on any atom is -0.469 e. The minimum atomic E-state index is 0.177. The second-order valence-electron chi connectivity index (χ2n) is 4.66. The van der Waals surface area contributed by atoms with Crippen molar-refractivity contribution in [2.24, 2.45) is 17.6 Å². The van der Waals surface area contributed by atoms with Crippen LogP contribution in [0.3, 0.4) is 0 Å². The van der Waals surface area contributed by atoms with E-state index in [1.54, 1.807) is 6.26 Å². The van der Waals surface area contributed by atoms with E-state index in [4.69, 9.17) is 10.2 Å². The first-order valence-electron chi connectivity index (χ1n) is 5.21. The molecule has 2 fully saturated rings. The van der Waals surface area contributed by atoms with Gasteiger partial charge in [0.1, 0.15) is 5.76 Å². The molecule has 1 aliphatic heterocycles. The fourth-order valence-corrected chi connectivity index (χ4v) is 3.24. The minimum absolute atomic E-state index is 0.177. The smallest absolute Gasteiger partial charge is 0.111 e. The molecular formula is C11H16N2O. The molecule has 1 saturated carbocycles. The van der Waals surface area contributed by atoms with Gasteiger partial charge < -0.3 is 15.1 Å². The maximum absolute atomic E-state index is 5.92. The van der Waals surface area contributed by atoms with Gasteiger partial charge in [-0.15, -0.1) is 0 Å². The van der Waals surface area contributed by atoms with Crippen LogP contribution in [0, 0.1) is 11.8 Å². The Labute approximate surface area is 83.9 Å². The van der Waals surface area contributed by atoms with Crippen LogP contribution >= 0.6 is 0 Å². The quantitative estimate of drug-likeness (QED) is 0.748. The van der Waals surface area contributed by atoms with Gasteiger partial charge in [0.05, 0.1) is 6.26 Å². The lowest BCUT2D eigenvalue weighted by molar-refractivity contribution is 0.302. The third kappa shape index (κ3) is 0.842. The molecule has 0 amide bonds.